The zero-order chi connectivity index (χ0) is 14.7. The minimum absolute atomic E-state index is 0.310. The molecule has 110 valence electrons. The molecule has 4 nitrogen and oxygen atoms in total. The van der Waals surface area contributed by atoms with Crippen LogP contribution in [0.2, 0.25) is 5.02 Å². The Hall–Kier alpha value is -1.26. The molecule has 1 heterocycles. The Labute approximate surface area is 124 Å². The Morgan fingerprint density at radius 3 is 2.70 bits per heavy atom. The molecular formula is C15H21ClN2O2. The van der Waals surface area contributed by atoms with Gasteiger partial charge in [-0.25, -0.2) is 4.79 Å². The minimum Gasteiger partial charge on any atom is -0.478 e. The van der Waals surface area contributed by atoms with Gasteiger partial charge < -0.3 is 14.9 Å². The molecule has 1 saturated heterocycles. The van der Waals surface area contributed by atoms with E-state index < -0.39 is 5.97 Å². The van der Waals surface area contributed by atoms with Gasteiger partial charge in [-0.2, -0.15) is 0 Å². The average molecular weight is 297 g/mol. The molecule has 20 heavy (non-hydrogen) atoms. The van der Waals surface area contributed by atoms with Crippen LogP contribution in [0.1, 0.15) is 23.2 Å². The number of aromatic carboxylic acids is 1. The monoisotopic (exact) mass is 296 g/mol. The average Bonchev–Trinajstić information content (AvgIpc) is 2.41. The van der Waals surface area contributed by atoms with Crippen LogP contribution in [0.4, 0.5) is 5.69 Å². The van der Waals surface area contributed by atoms with Crippen LogP contribution in [0.25, 0.3) is 0 Å². The van der Waals surface area contributed by atoms with Crippen molar-refractivity contribution in [3.63, 3.8) is 0 Å². The summed E-state index contributed by atoms with van der Waals surface area (Å²) in [7, 11) is 4.08. The number of carboxylic acid groups (broad SMARTS) is 1. The van der Waals surface area contributed by atoms with Crippen molar-refractivity contribution in [2.24, 2.45) is 5.92 Å². The lowest BCUT2D eigenvalue weighted by Gasteiger charge is -2.32. The van der Waals surface area contributed by atoms with E-state index in [1.807, 2.05) is 11.9 Å². The van der Waals surface area contributed by atoms with Gasteiger partial charge >= 0.3 is 5.97 Å². The number of benzene rings is 1. The molecule has 0 amide bonds. The summed E-state index contributed by atoms with van der Waals surface area (Å²) in [6, 6.07) is 4.93. The second kappa shape index (κ2) is 6.46. The highest BCUT2D eigenvalue weighted by atomic mass is 35.5. The summed E-state index contributed by atoms with van der Waals surface area (Å²) in [6.07, 6.45) is 2.31. The lowest BCUT2D eigenvalue weighted by Crippen LogP contribution is -2.36. The fourth-order valence-corrected chi connectivity index (χ4v) is 2.90. The quantitative estimate of drug-likeness (QED) is 0.928. The SMILES string of the molecule is CN1CCC(CN(C)c2cc(Cl)ccc2C(=O)O)CC1. The van der Waals surface area contributed by atoms with Gasteiger partial charge in [0, 0.05) is 18.6 Å². The summed E-state index contributed by atoms with van der Waals surface area (Å²) in [5.74, 6) is -0.302. The van der Waals surface area contributed by atoms with Crippen LogP contribution in [0.5, 0.6) is 0 Å². The van der Waals surface area contributed by atoms with Gasteiger partial charge in [-0.1, -0.05) is 11.6 Å². The van der Waals surface area contributed by atoms with Crippen molar-refractivity contribution >= 4 is 23.3 Å². The summed E-state index contributed by atoms with van der Waals surface area (Å²) in [5.41, 5.74) is 1.01. The van der Waals surface area contributed by atoms with Gasteiger partial charge in [0.05, 0.1) is 11.3 Å². The number of nitrogens with zero attached hydrogens (tertiary/aromatic N) is 2. The number of anilines is 1. The summed E-state index contributed by atoms with van der Waals surface area (Å²) in [4.78, 5) is 15.6. The molecule has 0 saturated carbocycles. The first-order chi connectivity index (χ1) is 9.47. The van der Waals surface area contributed by atoms with Gasteiger partial charge in [0.1, 0.15) is 0 Å². The Morgan fingerprint density at radius 2 is 2.10 bits per heavy atom. The van der Waals surface area contributed by atoms with Crippen molar-refractivity contribution < 1.29 is 9.90 Å². The maximum absolute atomic E-state index is 11.3. The van der Waals surface area contributed by atoms with Gasteiger partial charge in [-0.15, -0.1) is 0 Å². The number of carbonyl (C=O) groups is 1. The maximum atomic E-state index is 11.3. The molecule has 1 aromatic carbocycles. The standard InChI is InChI=1S/C15H21ClN2O2/c1-17-7-5-11(6-8-17)10-18(2)14-9-12(16)3-4-13(14)15(19)20/h3-4,9,11H,5-8,10H2,1-2H3,(H,19,20). The topological polar surface area (TPSA) is 43.8 Å². The van der Waals surface area contributed by atoms with Gasteiger partial charge in [-0.05, 0) is 57.1 Å². The highest BCUT2D eigenvalue weighted by Gasteiger charge is 2.20. The predicted octanol–water partition coefficient (Wildman–Crippen LogP) is 2.82. The zero-order valence-electron chi connectivity index (χ0n) is 12.0. The Balaban J connectivity index is 2.10. The maximum Gasteiger partial charge on any atom is 0.337 e. The number of hydrogen-bond acceptors (Lipinski definition) is 3. The molecule has 0 radical (unpaired) electrons. The first-order valence-corrected chi connectivity index (χ1v) is 7.27. The molecule has 0 aliphatic carbocycles. The molecule has 2 rings (SSSR count). The van der Waals surface area contributed by atoms with Crippen LogP contribution in [-0.4, -0.2) is 49.7 Å². The normalized spacial score (nSPS) is 17.1. The third-order valence-corrected chi connectivity index (χ3v) is 4.21. The van der Waals surface area contributed by atoms with Crippen LogP contribution < -0.4 is 4.90 Å². The number of piperidine rings is 1. The van der Waals surface area contributed by atoms with Crippen molar-refractivity contribution in [3.05, 3.63) is 28.8 Å². The predicted molar refractivity (Wildman–Crippen MR) is 81.9 cm³/mol. The first-order valence-electron chi connectivity index (χ1n) is 6.90. The van der Waals surface area contributed by atoms with Crippen molar-refractivity contribution in [3.8, 4) is 0 Å². The van der Waals surface area contributed by atoms with Crippen LogP contribution >= 0.6 is 11.6 Å². The Kier molecular flexibility index (Phi) is 4.89. The van der Waals surface area contributed by atoms with Crippen LogP contribution in [0, 0.1) is 5.92 Å². The number of likely N-dealkylation sites (tertiary alicyclic amines) is 1. The van der Waals surface area contributed by atoms with Crippen molar-refractivity contribution in [2.45, 2.75) is 12.8 Å². The van der Waals surface area contributed by atoms with E-state index in [9.17, 15) is 9.90 Å². The van der Waals surface area contributed by atoms with E-state index in [0.29, 0.717) is 22.2 Å². The molecule has 1 fully saturated rings. The molecule has 0 unspecified atom stereocenters. The third kappa shape index (κ3) is 3.64. The van der Waals surface area contributed by atoms with Gasteiger partial charge in [0.15, 0.2) is 0 Å². The Bertz CT molecular complexity index is 485. The fourth-order valence-electron chi connectivity index (χ4n) is 2.73. The second-order valence-corrected chi connectivity index (χ2v) is 6.03. The largest absolute Gasteiger partial charge is 0.478 e. The fraction of sp³-hybridized carbons (Fsp3) is 0.533. The zero-order valence-corrected chi connectivity index (χ0v) is 12.7. The van der Waals surface area contributed by atoms with Gasteiger partial charge in [0.2, 0.25) is 0 Å². The number of carboxylic acids is 1. The molecule has 1 aliphatic rings. The summed E-state index contributed by atoms with van der Waals surface area (Å²) in [5, 5.41) is 9.84. The van der Waals surface area contributed by atoms with Gasteiger partial charge in [-0.3, -0.25) is 0 Å². The van der Waals surface area contributed by atoms with Crippen molar-refractivity contribution in [2.75, 3.05) is 38.6 Å². The van der Waals surface area contributed by atoms with E-state index >= 15 is 0 Å². The van der Waals surface area contributed by atoms with E-state index in [1.54, 1.807) is 18.2 Å². The second-order valence-electron chi connectivity index (χ2n) is 5.59. The number of halogens is 1. The third-order valence-electron chi connectivity index (χ3n) is 3.97. The van der Waals surface area contributed by atoms with E-state index in [0.717, 1.165) is 32.5 Å². The molecule has 0 aromatic heterocycles. The number of hydrogen-bond donors (Lipinski definition) is 1. The molecule has 1 N–H and O–H groups in total. The summed E-state index contributed by atoms with van der Waals surface area (Å²) in [6.45, 7) is 3.09. The smallest absolute Gasteiger partial charge is 0.337 e. The molecule has 1 aromatic rings. The van der Waals surface area contributed by atoms with Crippen LogP contribution in [0.3, 0.4) is 0 Å². The van der Waals surface area contributed by atoms with Crippen LogP contribution in [-0.2, 0) is 0 Å². The van der Waals surface area contributed by atoms with E-state index in [1.165, 1.54) is 0 Å². The molecule has 0 atom stereocenters. The van der Waals surface area contributed by atoms with Crippen LogP contribution in [0.15, 0.2) is 18.2 Å². The van der Waals surface area contributed by atoms with Gasteiger partial charge in [0.25, 0.3) is 0 Å². The lowest BCUT2D eigenvalue weighted by molar-refractivity contribution is 0.0697. The highest BCUT2D eigenvalue weighted by Crippen LogP contribution is 2.26. The lowest BCUT2D eigenvalue weighted by atomic mass is 9.96. The highest BCUT2D eigenvalue weighted by molar-refractivity contribution is 6.31. The minimum atomic E-state index is -0.910. The Morgan fingerprint density at radius 1 is 1.45 bits per heavy atom. The van der Waals surface area contributed by atoms with E-state index in [2.05, 4.69) is 11.9 Å². The summed E-state index contributed by atoms with van der Waals surface area (Å²) >= 11 is 6.00. The summed E-state index contributed by atoms with van der Waals surface area (Å²) < 4.78 is 0. The van der Waals surface area contributed by atoms with E-state index in [4.69, 9.17) is 11.6 Å². The number of rotatable bonds is 4. The van der Waals surface area contributed by atoms with Crippen molar-refractivity contribution in [1.29, 1.82) is 0 Å². The molecule has 5 heteroatoms. The molecule has 1 aliphatic heterocycles. The van der Waals surface area contributed by atoms with Crippen molar-refractivity contribution in [1.82, 2.24) is 4.90 Å². The molecule has 0 spiro atoms. The first kappa shape index (κ1) is 15.1. The molecule has 0 bridgehead atoms. The van der Waals surface area contributed by atoms with E-state index in [-0.39, 0.29) is 0 Å². The molecular weight excluding hydrogens is 276 g/mol.